The Balaban J connectivity index is 5.07. The zero-order chi connectivity index (χ0) is 13.3. The van der Waals surface area contributed by atoms with E-state index in [1.807, 2.05) is 13.8 Å². The van der Waals surface area contributed by atoms with Crippen LogP contribution in [0, 0.1) is 0 Å². The van der Waals surface area contributed by atoms with Gasteiger partial charge in [-0.2, -0.15) is 5.26 Å². The van der Waals surface area contributed by atoms with Crippen molar-refractivity contribution in [1.82, 2.24) is 0 Å². The fourth-order valence-electron chi connectivity index (χ4n) is 1.53. The van der Waals surface area contributed by atoms with Gasteiger partial charge in [0.05, 0.1) is 5.57 Å². The Kier molecular flexibility index (Phi) is 8.05. The fraction of sp³-hybridized carbons (Fsp3) is 0.667. The normalized spacial score (nSPS) is 11.9. The van der Waals surface area contributed by atoms with E-state index in [4.69, 9.17) is 10.4 Å². The minimum absolute atomic E-state index is 0.0550. The van der Waals surface area contributed by atoms with Gasteiger partial charge < -0.3 is 5.11 Å². The largest absolute Gasteiger partial charge is 0.478 e. The molecule has 0 aromatic carbocycles. The Morgan fingerprint density at radius 3 is 1.82 bits per heavy atom. The van der Waals surface area contributed by atoms with E-state index in [0.29, 0.717) is 25.7 Å². The van der Waals surface area contributed by atoms with Crippen molar-refractivity contribution in [2.24, 2.45) is 0 Å². The molecule has 5 nitrogen and oxygen atoms in total. The number of rotatable bonds is 8. The predicted molar refractivity (Wildman–Crippen MR) is 62.4 cm³/mol. The lowest BCUT2D eigenvalue weighted by molar-refractivity contribution is -0.229. The number of hydrogen-bond acceptors (Lipinski definition) is 4. The van der Waals surface area contributed by atoms with Crippen molar-refractivity contribution in [2.45, 2.75) is 52.4 Å². The molecule has 0 aliphatic rings. The Morgan fingerprint density at radius 2 is 1.47 bits per heavy atom. The minimum Gasteiger partial charge on any atom is -0.478 e. The number of hydrogen-bond donors (Lipinski definition) is 2. The highest BCUT2D eigenvalue weighted by Gasteiger charge is 2.21. The van der Waals surface area contributed by atoms with E-state index in [1.165, 1.54) is 0 Å². The lowest BCUT2D eigenvalue weighted by atomic mass is 9.98. The molecular formula is C12H20O5. The van der Waals surface area contributed by atoms with E-state index in [0.717, 1.165) is 12.8 Å². The molecule has 0 aliphatic carbocycles. The lowest BCUT2D eigenvalue weighted by Gasteiger charge is -2.09. The summed E-state index contributed by atoms with van der Waals surface area (Å²) < 4.78 is 0. The van der Waals surface area contributed by atoms with E-state index in [-0.39, 0.29) is 11.1 Å². The van der Waals surface area contributed by atoms with Gasteiger partial charge in [-0.3, -0.25) is 4.89 Å². The number of unbranched alkanes of at least 4 members (excludes halogenated alkanes) is 2. The van der Waals surface area contributed by atoms with Crippen LogP contribution >= 0.6 is 0 Å². The number of carboxylic acids is 1. The van der Waals surface area contributed by atoms with Crippen molar-refractivity contribution in [3.63, 3.8) is 0 Å². The van der Waals surface area contributed by atoms with Crippen LogP contribution in [0.1, 0.15) is 52.4 Å². The van der Waals surface area contributed by atoms with Gasteiger partial charge in [0.25, 0.3) is 0 Å². The maximum absolute atomic E-state index is 11.3. The Bertz CT molecular complexity index is 293. The molecule has 0 atom stereocenters. The summed E-state index contributed by atoms with van der Waals surface area (Å²) in [6, 6.07) is 0. The van der Waals surface area contributed by atoms with Crippen LogP contribution in [0.25, 0.3) is 0 Å². The molecule has 5 heteroatoms. The van der Waals surface area contributed by atoms with Crippen molar-refractivity contribution in [3.8, 4) is 0 Å². The Labute approximate surface area is 101 Å². The van der Waals surface area contributed by atoms with Gasteiger partial charge in [0.2, 0.25) is 0 Å². The molecule has 0 aromatic rings. The number of carbonyl (C=O) groups is 2. The average Bonchev–Trinajstić information content (AvgIpc) is 2.32. The van der Waals surface area contributed by atoms with Crippen LogP contribution in [-0.2, 0) is 14.5 Å². The second-order valence-corrected chi connectivity index (χ2v) is 3.85. The summed E-state index contributed by atoms with van der Waals surface area (Å²) in [7, 11) is 0. The van der Waals surface area contributed by atoms with Gasteiger partial charge in [0.15, 0.2) is 0 Å². The van der Waals surface area contributed by atoms with E-state index < -0.39 is 11.9 Å². The van der Waals surface area contributed by atoms with Crippen molar-refractivity contribution in [3.05, 3.63) is 11.1 Å². The predicted octanol–water partition coefficient (Wildman–Crippen LogP) is 2.76. The third kappa shape index (κ3) is 5.49. The van der Waals surface area contributed by atoms with Crippen LogP contribution < -0.4 is 0 Å². The van der Waals surface area contributed by atoms with Crippen LogP contribution in [0.2, 0.25) is 0 Å². The molecule has 0 saturated carbocycles. The van der Waals surface area contributed by atoms with Crippen LogP contribution in [-0.4, -0.2) is 22.3 Å². The molecule has 0 saturated heterocycles. The van der Waals surface area contributed by atoms with Gasteiger partial charge in [-0.1, -0.05) is 26.7 Å². The van der Waals surface area contributed by atoms with E-state index in [9.17, 15) is 9.59 Å². The molecule has 0 spiro atoms. The molecule has 0 amide bonds. The summed E-state index contributed by atoms with van der Waals surface area (Å²) in [5, 5.41) is 17.5. The summed E-state index contributed by atoms with van der Waals surface area (Å²) in [6.45, 7) is 3.88. The van der Waals surface area contributed by atoms with E-state index in [2.05, 4.69) is 4.89 Å². The van der Waals surface area contributed by atoms with E-state index >= 15 is 0 Å². The zero-order valence-electron chi connectivity index (χ0n) is 10.4. The molecule has 0 unspecified atom stereocenters. The third-order valence-electron chi connectivity index (χ3n) is 2.51. The highest BCUT2D eigenvalue weighted by molar-refractivity contribution is 5.99. The topological polar surface area (TPSA) is 83.8 Å². The van der Waals surface area contributed by atoms with Crippen LogP contribution in [0.3, 0.4) is 0 Å². The highest BCUT2D eigenvalue weighted by atomic mass is 17.1. The quantitative estimate of drug-likeness (QED) is 0.389. The first-order valence-electron chi connectivity index (χ1n) is 5.89. The Morgan fingerprint density at radius 1 is 1.00 bits per heavy atom. The number of carboxylic acid groups (broad SMARTS) is 1. The van der Waals surface area contributed by atoms with Crippen molar-refractivity contribution < 1.29 is 24.8 Å². The SMILES string of the molecule is CCCC/C(C(=O)O)=C(\CCCC)C(=O)OO. The molecule has 0 bridgehead atoms. The molecule has 0 aromatic heterocycles. The monoisotopic (exact) mass is 244 g/mol. The molecule has 2 N–H and O–H groups in total. The maximum atomic E-state index is 11.3. The second kappa shape index (κ2) is 8.75. The van der Waals surface area contributed by atoms with Crippen molar-refractivity contribution >= 4 is 11.9 Å². The first kappa shape index (κ1) is 15.6. The maximum Gasteiger partial charge on any atom is 0.369 e. The van der Waals surface area contributed by atoms with E-state index in [1.54, 1.807) is 0 Å². The second-order valence-electron chi connectivity index (χ2n) is 3.85. The van der Waals surface area contributed by atoms with Gasteiger partial charge in [-0.15, -0.1) is 0 Å². The first-order valence-corrected chi connectivity index (χ1v) is 5.89. The molecule has 0 radical (unpaired) electrons. The smallest absolute Gasteiger partial charge is 0.369 e. The molecule has 0 heterocycles. The molecule has 98 valence electrons. The summed E-state index contributed by atoms with van der Waals surface area (Å²) in [5.41, 5.74) is 0.134. The highest BCUT2D eigenvalue weighted by Crippen LogP contribution is 2.19. The zero-order valence-corrected chi connectivity index (χ0v) is 10.4. The number of aliphatic carboxylic acids is 1. The van der Waals surface area contributed by atoms with Gasteiger partial charge in [0.1, 0.15) is 0 Å². The number of carbonyl (C=O) groups excluding carboxylic acids is 1. The van der Waals surface area contributed by atoms with Gasteiger partial charge in [-0.05, 0) is 25.7 Å². The molecule has 0 rings (SSSR count). The summed E-state index contributed by atoms with van der Waals surface area (Å²) in [5.74, 6) is -2.07. The third-order valence-corrected chi connectivity index (χ3v) is 2.51. The molecule has 0 aliphatic heterocycles. The lowest BCUT2D eigenvalue weighted by Crippen LogP contribution is -2.14. The van der Waals surface area contributed by atoms with Gasteiger partial charge in [0, 0.05) is 5.57 Å². The summed E-state index contributed by atoms with van der Waals surface area (Å²) in [4.78, 5) is 26.1. The Hall–Kier alpha value is -1.36. The first-order chi connectivity index (χ1) is 8.08. The average molecular weight is 244 g/mol. The summed E-state index contributed by atoms with van der Waals surface area (Å²) >= 11 is 0. The fourth-order valence-corrected chi connectivity index (χ4v) is 1.53. The summed E-state index contributed by atoms with van der Waals surface area (Å²) in [6.07, 6.45) is 3.69. The van der Waals surface area contributed by atoms with Crippen LogP contribution in [0.5, 0.6) is 0 Å². The van der Waals surface area contributed by atoms with Gasteiger partial charge in [-0.25, -0.2) is 9.59 Å². The van der Waals surface area contributed by atoms with Crippen LogP contribution in [0.15, 0.2) is 11.1 Å². The standard InChI is InChI=1S/C12H20O5/c1-3-5-7-9(11(13)14)10(8-6-4-2)12(15)17-16/h16H,3-8H2,1-2H3,(H,13,14)/b10-9-. The molecule has 17 heavy (non-hydrogen) atoms. The van der Waals surface area contributed by atoms with Gasteiger partial charge >= 0.3 is 11.9 Å². The van der Waals surface area contributed by atoms with Crippen molar-refractivity contribution in [1.29, 1.82) is 0 Å². The van der Waals surface area contributed by atoms with Crippen molar-refractivity contribution in [2.75, 3.05) is 0 Å². The minimum atomic E-state index is -1.12. The molecule has 0 fully saturated rings. The van der Waals surface area contributed by atoms with Crippen LogP contribution in [0.4, 0.5) is 0 Å². The molecular weight excluding hydrogens is 224 g/mol.